The van der Waals surface area contributed by atoms with Crippen molar-refractivity contribution in [3.63, 3.8) is 0 Å². The van der Waals surface area contributed by atoms with E-state index in [4.69, 9.17) is 4.74 Å². The lowest BCUT2D eigenvalue weighted by Gasteiger charge is -2.37. The summed E-state index contributed by atoms with van der Waals surface area (Å²) < 4.78 is 33.5. The third-order valence-electron chi connectivity index (χ3n) is 4.49. The molecule has 0 spiro atoms. The molecule has 0 aromatic heterocycles. The third-order valence-corrected chi connectivity index (χ3v) is 6.48. The Hall–Kier alpha value is -1.69. The van der Waals surface area contributed by atoms with Crippen molar-refractivity contribution < 1.29 is 13.2 Å². The van der Waals surface area contributed by atoms with Crippen molar-refractivity contribution in [1.82, 2.24) is 4.31 Å². The SMILES string of the molecule is CCc1ccc(S(=O)(=O)N2CC(c3ccccc3)OCC2C)cc1. The second kappa shape index (κ2) is 7.05. The first kappa shape index (κ1) is 17.1. The Balaban J connectivity index is 1.87. The number of ether oxygens (including phenoxy) is 1. The molecule has 4 nitrogen and oxygen atoms in total. The molecule has 2 unspecified atom stereocenters. The van der Waals surface area contributed by atoms with Crippen LogP contribution in [-0.2, 0) is 21.2 Å². The number of sulfonamides is 1. The highest BCUT2D eigenvalue weighted by Gasteiger charge is 2.36. The molecule has 1 fully saturated rings. The van der Waals surface area contributed by atoms with Crippen LogP contribution in [0.25, 0.3) is 0 Å². The van der Waals surface area contributed by atoms with E-state index in [1.807, 2.05) is 49.4 Å². The van der Waals surface area contributed by atoms with Crippen LogP contribution in [0, 0.1) is 0 Å². The number of aryl methyl sites for hydroxylation is 1. The Morgan fingerprint density at radius 1 is 1.08 bits per heavy atom. The summed E-state index contributed by atoms with van der Waals surface area (Å²) >= 11 is 0. The van der Waals surface area contributed by atoms with Crippen LogP contribution >= 0.6 is 0 Å². The van der Waals surface area contributed by atoms with Gasteiger partial charge >= 0.3 is 0 Å². The maximum absolute atomic E-state index is 13.0. The summed E-state index contributed by atoms with van der Waals surface area (Å²) in [6.07, 6.45) is 0.664. The van der Waals surface area contributed by atoms with Gasteiger partial charge in [-0.15, -0.1) is 0 Å². The molecule has 2 aromatic rings. The average molecular weight is 345 g/mol. The second-order valence-electron chi connectivity index (χ2n) is 6.15. The van der Waals surface area contributed by atoms with Crippen molar-refractivity contribution in [3.8, 4) is 0 Å². The summed E-state index contributed by atoms with van der Waals surface area (Å²) in [7, 11) is -3.52. The molecule has 1 saturated heterocycles. The lowest BCUT2D eigenvalue weighted by atomic mass is 10.1. The van der Waals surface area contributed by atoms with Crippen LogP contribution in [0.15, 0.2) is 59.5 Å². The van der Waals surface area contributed by atoms with E-state index >= 15 is 0 Å². The molecule has 0 aliphatic carbocycles. The first-order valence-electron chi connectivity index (χ1n) is 8.29. The van der Waals surface area contributed by atoms with Gasteiger partial charge in [-0.2, -0.15) is 4.31 Å². The predicted molar refractivity (Wildman–Crippen MR) is 94.3 cm³/mol. The van der Waals surface area contributed by atoms with Crippen molar-refractivity contribution in [2.75, 3.05) is 13.2 Å². The van der Waals surface area contributed by atoms with Crippen LogP contribution < -0.4 is 0 Å². The fourth-order valence-electron chi connectivity index (χ4n) is 2.97. The average Bonchev–Trinajstić information content (AvgIpc) is 2.62. The molecule has 128 valence electrons. The second-order valence-corrected chi connectivity index (χ2v) is 8.04. The van der Waals surface area contributed by atoms with Gasteiger partial charge in [0.2, 0.25) is 10.0 Å². The molecule has 1 heterocycles. The molecule has 1 aliphatic rings. The van der Waals surface area contributed by atoms with Gasteiger partial charge in [-0.3, -0.25) is 0 Å². The normalized spacial score (nSPS) is 22.4. The lowest BCUT2D eigenvalue weighted by molar-refractivity contribution is -0.0288. The molecule has 0 amide bonds. The standard InChI is InChI=1S/C19H23NO3S/c1-3-16-9-11-18(12-10-16)24(21,22)20-13-19(23-14-15(20)2)17-7-5-4-6-8-17/h4-12,15,19H,3,13-14H2,1-2H3. The van der Waals surface area contributed by atoms with Crippen molar-refractivity contribution in [2.24, 2.45) is 0 Å². The number of nitrogens with zero attached hydrogens (tertiary/aromatic N) is 1. The van der Waals surface area contributed by atoms with Crippen LogP contribution in [0.2, 0.25) is 0 Å². The van der Waals surface area contributed by atoms with E-state index in [-0.39, 0.29) is 12.1 Å². The topological polar surface area (TPSA) is 46.6 Å². The Morgan fingerprint density at radius 2 is 1.75 bits per heavy atom. The molecular weight excluding hydrogens is 322 g/mol. The van der Waals surface area contributed by atoms with Gasteiger partial charge in [-0.25, -0.2) is 8.42 Å². The minimum Gasteiger partial charge on any atom is -0.370 e. The molecule has 3 rings (SSSR count). The zero-order valence-electron chi connectivity index (χ0n) is 14.1. The summed E-state index contributed by atoms with van der Waals surface area (Å²) in [5, 5.41) is 0. The van der Waals surface area contributed by atoms with Gasteiger partial charge in [0, 0.05) is 12.6 Å². The quantitative estimate of drug-likeness (QED) is 0.853. The number of hydrogen-bond donors (Lipinski definition) is 0. The number of morpholine rings is 1. The van der Waals surface area contributed by atoms with E-state index in [1.54, 1.807) is 16.4 Å². The monoisotopic (exact) mass is 345 g/mol. The molecule has 0 radical (unpaired) electrons. The Bertz CT molecular complexity index is 772. The van der Waals surface area contributed by atoms with Gasteiger partial charge in [-0.1, -0.05) is 49.4 Å². The highest BCUT2D eigenvalue weighted by atomic mass is 32.2. The molecule has 2 atom stereocenters. The Morgan fingerprint density at radius 3 is 2.38 bits per heavy atom. The first-order valence-corrected chi connectivity index (χ1v) is 9.73. The van der Waals surface area contributed by atoms with Gasteiger partial charge in [0.05, 0.1) is 17.6 Å². The molecule has 1 aliphatic heterocycles. The highest BCUT2D eigenvalue weighted by molar-refractivity contribution is 7.89. The Labute approximate surface area is 144 Å². The zero-order chi connectivity index (χ0) is 17.2. The van der Waals surface area contributed by atoms with Crippen molar-refractivity contribution in [3.05, 3.63) is 65.7 Å². The smallest absolute Gasteiger partial charge is 0.243 e. The third kappa shape index (κ3) is 3.38. The van der Waals surface area contributed by atoms with E-state index in [9.17, 15) is 8.42 Å². The maximum atomic E-state index is 13.0. The zero-order valence-corrected chi connectivity index (χ0v) is 14.9. The van der Waals surface area contributed by atoms with Crippen LogP contribution in [0.3, 0.4) is 0 Å². The van der Waals surface area contributed by atoms with E-state index in [0.717, 1.165) is 17.5 Å². The molecule has 24 heavy (non-hydrogen) atoms. The summed E-state index contributed by atoms with van der Waals surface area (Å²) in [6, 6.07) is 16.8. The largest absolute Gasteiger partial charge is 0.370 e. The Kier molecular flexibility index (Phi) is 5.04. The van der Waals surface area contributed by atoms with E-state index < -0.39 is 10.0 Å². The lowest BCUT2D eigenvalue weighted by Crippen LogP contribution is -2.48. The van der Waals surface area contributed by atoms with Crippen LogP contribution in [0.1, 0.15) is 31.1 Å². The van der Waals surface area contributed by atoms with Crippen LogP contribution in [0.4, 0.5) is 0 Å². The van der Waals surface area contributed by atoms with Gasteiger partial charge < -0.3 is 4.74 Å². The molecule has 5 heteroatoms. The summed E-state index contributed by atoms with van der Waals surface area (Å²) in [5.41, 5.74) is 2.14. The van der Waals surface area contributed by atoms with Crippen LogP contribution in [-0.4, -0.2) is 31.9 Å². The predicted octanol–water partition coefficient (Wildman–Crippen LogP) is 3.40. The van der Waals surface area contributed by atoms with Gasteiger partial charge in [0.25, 0.3) is 0 Å². The van der Waals surface area contributed by atoms with E-state index in [1.165, 1.54) is 0 Å². The highest BCUT2D eigenvalue weighted by Crippen LogP contribution is 2.29. The molecular formula is C19H23NO3S. The van der Waals surface area contributed by atoms with Crippen molar-refractivity contribution in [1.29, 1.82) is 0 Å². The molecule has 2 aromatic carbocycles. The maximum Gasteiger partial charge on any atom is 0.243 e. The first-order chi connectivity index (χ1) is 11.5. The molecule has 0 saturated carbocycles. The molecule has 0 N–H and O–H groups in total. The molecule has 0 bridgehead atoms. The fraction of sp³-hybridized carbons (Fsp3) is 0.368. The van der Waals surface area contributed by atoms with Crippen LogP contribution in [0.5, 0.6) is 0 Å². The van der Waals surface area contributed by atoms with Gasteiger partial charge in [-0.05, 0) is 36.6 Å². The summed E-state index contributed by atoms with van der Waals surface area (Å²) in [6.45, 7) is 4.67. The summed E-state index contributed by atoms with van der Waals surface area (Å²) in [4.78, 5) is 0.347. The van der Waals surface area contributed by atoms with E-state index in [0.29, 0.717) is 18.0 Å². The van der Waals surface area contributed by atoms with Crippen molar-refractivity contribution in [2.45, 2.75) is 37.3 Å². The number of hydrogen-bond acceptors (Lipinski definition) is 3. The van der Waals surface area contributed by atoms with Crippen molar-refractivity contribution >= 4 is 10.0 Å². The number of rotatable bonds is 4. The fourth-order valence-corrected chi connectivity index (χ4v) is 4.59. The van der Waals surface area contributed by atoms with E-state index in [2.05, 4.69) is 6.92 Å². The minimum atomic E-state index is -3.52. The minimum absolute atomic E-state index is 0.180. The van der Waals surface area contributed by atoms with Gasteiger partial charge in [0.15, 0.2) is 0 Å². The van der Waals surface area contributed by atoms with Gasteiger partial charge in [0.1, 0.15) is 0 Å². The number of benzene rings is 2. The summed E-state index contributed by atoms with van der Waals surface area (Å²) in [5.74, 6) is 0.